The van der Waals surface area contributed by atoms with Crippen LogP contribution in [0.25, 0.3) is 10.9 Å². The van der Waals surface area contributed by atoms with Crippen molar-refractivity contribution < 1.29 is 27.4 Å². The molecule has 0 spiro atoms. The molecule has 190 valence electrons. The van der Waals surface area contributed by atoms with Crippen LogP contribution in [0, 0.1) is 0 Å². The second kappa shape index (κ2) is 9.72. The van der Waals surface area contributed by atoms with Crippen molar-refractivity contribution >= 4 is 26.7 Å². The molecule has 0 saturated carbocycles. The third kappa shape index (κ3) is 4.93. The molecular formula is C27H24N2O7S. The zero-order valence-corrected chi connectivity index (χ0v) is 21.0. The number of nitrogens with zero attached hydrogens (tertiary/aromatic N) is 1. The Morgan fingerprint density at radius 2 is 1.65 bits per heavy atom. The monoisotopic (exact) mass is 520 g/mol. The van der Waals surface area contributed by atoms with Crippen LogP contribution in [-0.2, 0) is 23.1 Å². The van der Waals surface area contributed by atoms with Gasteiger partial charge in [0.15, 0.2) is 17.3 Å². The van der Waals surface area contributed by atoms with Gasteiger partial charge in [0.05, 0.1) is 17.5 Å². The summed E-state index contributed by atoms with van der Waals surface area (Å²) in [5.74, 6) is 1.57. The van der Waals surface area contributed by atoms with Gasteiger partial charge in [0.1, 0.15) is 5.75 Å². The zero-order valence-electron chi connectivity index (χ0n) is 20.2. The summed E-state index contributed by atoms with van der Waals surface area (Å²) in [7, 11) is -2.49. The predicted octanol–water partition coefficient (Wildman–Crippen LogP) is 3.86. The van der Waals surface area contributed by atoms with Crippen LogP contribution in [-0.4, -0.2) is 37.4 Å². The summed E-state index contributed by atoms with van der Waals surface area (Å²) in [5, 5.41) is 0.687. The Kier molecular flexibility index (Phi) is 6.45. The summed E-state index contributed by atoms with van der Waals surface area (Å²) in [5.41, 5.74) is 1.54. The minimum absolute atomic E-state index is 0.0133. The van der Waals surface area contributed by atoms with Gasteiger partial charge in [-0.05, 0) is 48.9 Å². The van der Waals surface area contributed by atoms with E-state index < -0.39 is 15.6 Å². The Hall–Kier alpha value is -4.15. The Labute approximate surface area is 213 Å². The number of carbonyl (C=O) groups excluding carboxylic acids is 1. The number of Topliss-reactive ketones (excluding diaryl/α,β-unsaturated/α-hetero) is 1. The van der Waals surface area contributed by atoms with E-state index in [9.17, 15) is 18.0 Å². The van der Waals surface area contributed by atoms with E-state index in [2.05, 4.69) is 4.98 Å². The quantitative estimate of drug-likeness (QED) is 0.351. The van der Waals surface area contributed by atoms with Gasteiger partial charge in [-0.25, -0.2) is 8.42 Å². The number of aromatic amines is 1. The topological polar surface area (TPSA) is 115 Å². The number of carbonyl (C=O) groups is 1. The van der Waals surface area contributed by atoms with Gasteiger partial charge >= 0.3 is 0 Å². The molecule has 0 radical (unpaired) electrons. The van der Waals surface area contributed by atoms with Crippen LogP contribution in [0.3, 0.4) is 0 Å². The summed E-state index contributed by atoms with van der Waals surface area (Å²) in [6.45, 7) is 1.35. The van der Waals surface area contributed by atoms with E-state index in [-0.39, 0.29) is 36.1 Å². The van der Waals surface area contributed by atoms with Crippen molar-refractivity contribution in [2.24, 2.45) is 0 Å². The van der Waals surface area contributed by atoms with Crippen molar-refractivity contribution in [3.05, 3.63) is 93.8 Å². The molecule has 37 heavy (non-hydrogen) atoms. The molecule has 1 aliphatic heterocycles. The van der Waals surface area contributed by atoms with Crippen molar-refractivity contribution in [3.63, 3.8) is 0 Å². The van der Waals surface area contributed by atoms with E-state index in [0.29, 0.717) is 39.3 Å². The van der Waals surface area contributed by atoms with Crippen molar-refractivity contribution in [3.8, 4) is 17.2 Å². The summed E-state index contributed by atoms with van der Waals surface area (Å²) < 4.78 is 44.7. The number of rotatable bonds is 8. The number of hydrogen-bond donors (Lipinski definition) is 1. The molecule has 3 aromatic carbocycles. The van der Waals surface area contributed by atoms with Gasteiger partial charge < -0.3 is 19.2 Å². The number of fused-ring (bicyclic) bond motifs is 2. The van der Waals surface area contributed by atoms with E-state index >= 15 is 0 Å². The molecule has 2 heterocycles. The Morgan fingerprint density at radius 3 is 2.30 bits per heavy atom. The van der Waals surface area contributed by atoms with Crippen LogP contribution >= 0.6 is 0 Å². The molecule has 5 rings (SSSR count). The number of sulfonamides is 1. The highest BCUT2D eigenvalue weighted by molar-refractivity contribution is 7.89. The molecule has 10 heteroatoms. The van der Waals surface area contributed by atoms with Gasteiger partial charge in [-0.2, -0.15) is 4.31 Å². The lowest BCUT2D eigenvalue weighted by Crippen LogP contribution is -2.32. The number of ketones is 1. The van der Waals surface area contributed by atoms with Gasteiger partial charge in [-0.15, -0.1) is 0 Å². The molecule has 0 saturated heterocycles. The van der Waals surface area contributed by atoms with E-state index in [1.807, 2.05) is 0 Å². The van der Waals surface area contributed by atoms with Gasteiger partial charge in [-0.1, -0.05) is 24.3 Å². The van der Waals surface area contributed by atoms with Crippen molar-refractivity contribution in [1.82, 2.24) is 9.29 Å². The maximum atomic E-state index is 13.7. The summed E-state index contributed by atoms with van der Waals surface area (Å²) in [4.78, 5) is 27.5. The first-order valence-corrected chi connectivity index (χ1v) is 12.9. The van der Waals surface area contributed by atoms with Crippen LogP contribution in [0.15, 0.2) is 76.4 Å². The van der Waals surface area contributed by atoms with Crippen LogP contribution in [0.4, 0.5) is 0 Å². The molecule has 0 atom stereocenters. The first-order valence-electron chi connectivity index (χ1n) is 11.4. The van der Waals surface area contributed by atoms with E-state index in [4.69, 9.17) is 14.2 Å². The smallest absolute Gasteiger partial charge is 0.252 e. The minimum atomic E-state index is -4.04. The average molecular weight is 521 g/mol. The fraction of sp³-hybridized carbons (Fsp3) is 0.185. The lowest BCUT2D eigenvalue weighted by Gasteiger charge is -2.23. The molecule has 0 amide bonds. The van der Waals surface area contributed by atoms with Crippen LogP contribution in [0.2, 0.25) is 0 Å². The summed E-state index contributed by atoms with van der Waals surface area (Å²) >= 11 is 0. The zero-order chi connectivity index (χ0) is 26.2. The minimum Gasteiger partial charge on any atom is -0.497 e. The molecule has 1 aliphatic rings. The molecule has 0 aliphatic carbocycles. The highest BCUT2D eigenvalue weighted by Crippen LogP contribution is 2.35. The number of nitrogens with one attached hydrogen (secondary N) is 1. The Morgan fingerprint density at radius 1 is 0.973 bits per heavy atom. The molecule has 0 fully saturated rings. The molecular weight excluding hydrogens is 496 g/mol. The first kappa shape index (κ1) is 24.5. The van der Waals surface area contributed by atoms with Crippen molar-refractivity contribution in [1.29, 1.82) is 0 Å². The molecule has 0 unspecified atom stereocenters. The largest absolute Gasteiger partial charge is 0.497 e. The van der Waals surface area contributed by atoms with E-state index in [1.54, 1.807) is 49.6 Å². The van der Waals surface area contributed by atoms with Crippen molar-refractivity contribution in [2.75, 3.05) is 13.9 Å². The fourth-order valence-corrected chi connectivity index (χ4v) is 5.53. The Balaban J connectivity index is 1.54. The number of benzene rings is 3. The predicted molar refractivity (Wildman–Crippen MR) is 137 cm³/mol. The maximum Gasteiger partial charge on any atom is 0.252 e. The first-order chi connectivity index (χ1) is 17.7. The molecule has 1 N–H and O–H groups in total. The molecule has 4 aromatic rings. The third-order valence-corrected chi connectivity index (χ3v) is 7.98. The molecule has 9 nitrogen and oxygen atoms in total. The molecule has 1 aromatic heterocycles. The number of H-pyrrole nitrogens is 1. The van der Waals surface area contributed by atoms with Crippen LogP contribution in [0.1, 0.15) is 28.4 Å². The summed E-state index contributed by atoms with van der Waals surface area (Å²) in [6.07, 6.45) is 0. The van der Waals surface area contributed by atoms with Gasteiger partial charge in [0.25, 0.3) is 5.56 Å². The van der Waals surface area contributed by atoms with Crippen LogP contribution in [0.5, 0.6) is 17.2 Å². The second-order valence-electron chi connectivity index (χ2n) is 8.62. The second-order valence-corrected chi connectivity index (χ2v) is 10.6. The maximum absolute atomic E-state index is 13.7. The van der Waals surface area contributed by atoms with E-state index in [0.717, 1.165) is 0 Å². The third-order valence-electron chi connectivity index (χ3n) is 6.18. The van der Waals surface area contributed by atoms with Crippen molar-refractivity contribution in [2.45, 2.75) is 24.9 Å². The van der Waals surface area contributed by atoms with Gasteiger partial charge in [-0.3, -0.25) is 9.59 Å². The highest BCUT2D eigenvalue weighted by Gasteiger charge is 2.27. The summed E-state index contributed by atoms with van der Waals surface area (Å²) in [6, 6.07) is 17.9. The number of ether oxygens (including phenoxy) is 3. The number of pyridine rings is 1. The Bertz CT molecular complexity index is 1640. The number of aromatic nitrogens is 1. The normalized spacial score (nSPS) is 12.7. The fourth-order valence-electron chi connectivity index (χ4n) is 4.12. The standard InChI is InChI=1S/C27H24N2O7S/c1-17(30)19-5-9-23(10-6-19)37(32,33)29(14-18-3-7-22(34-2)8-4-18)15-21-11-20-12-25-26(36-16-35-25)13-24(20)28-27(21)31/h3-13H,14-16H2,1-2H3,(H,28,31). The van der Waals surface area contributed by atoms with Gasteiger partial charge in [0.2, 0.25) is 16.8 Å². The molecule has 0 bridgehead atoms. The SMILES string of the molecule is COc1ccc(CN(Cc2cc3cc4c(cc3[nH]c2=O)OCO4)S(=O)(=O)c2ccc(C(C)=O)cc2)cc1. The lowest BCUT2D eigenvalue weighted by atomic mass is 10.1. The van der Waals surface area contributed by atoms with E-state index in [1.165, 1.54) is 35.5 Å². The average Bonchev–Trinajstić information content (AvgIpc) is 3.35. The van der Waals surface area contributed by atoms with Gasteiger partial charge in [0, 0.05) is 35.7 Å². The van der Waals surface area contributed by atoms with Crippen LogP contribution < -0.4 is 19.8 Å². The number of methoxy groups -OCH3 is 1. The highest BCUT2D eigenvalue weighted by atomic mass is 32.2. The number of hydrogen-bond acceptors (Lipinski definition) is 7. The lowest BCUT2D eigenvalue weighted by molar-refractivity contribution is 0.101.